The number of carbonyl (C=O) groups excluding carboxylic acids is 1. The van der Waals surface area contributed by atoms with Gasteiger partial charge in [-0.2, -0.15) is 0 Å². The normalized spacial score (nSPS) is 9.80. The van der Waals surface area contributed by atoms with Crippen molar-refractivity contribution in [1.29, 1.82) is 0 Å². The largest absolute Gasteiger partial charge is 0.324 e. The summed E-state index contributed by atoms with van der Waals surface area (Å²) in [5.74, 6) is 0.0266. The van der Waals surface area contributed by atoms with Crippen molar-refractivity contribution in [3.05, 3.63) is 21.9 Å². The molecular weight excluding hydrogens is 146 g/mol. The molecule has 0 aliphatic rings. The second-order valence-corrected chi connectivity index (χ2v) is 3.14. The molecule has 0 fully saturated rings. The van der Waals surface area contributed by atoms with Crippen molar-refractivity contribution in [2.75, 3.05) is 6.54 Å². The van der Waals surface area contributed by atoms with Crippen LogP contribution in [0, 0.1) is 6.92 Å². The molecule has 0 saturated heterocycles. The van der Waals surface area contributed by atoms with E-state index in [4.69, 9.17) is 5.73 Å². The van der Waals surface area contributed by atoms with Crippen LogP contribution in [0.15, 0.2) is 11.4 Å². The molecule has 3 heteroatoms. The fourth-order valence-corrected chi connectivity index (χ4v) is 1.50. The van der Waals surface area contributed by atoms with E-state index in [9.17, 15) is 4.79 Å². The maximum atomic E-state index is 11.0. The Hall–Kier alpha value is -0.670. The zero-order chi connectivity index (χ0) is 7.56. The van der Waals surface area contributed by atoms with Gasteiger partial charge in [0.15, 0.2) is 5.78 Å². The summed E-state index contributed by atoms with van der Waals surface area (Å²) in [6.07, 6.45) is 0. The van der Waals surface area contributed by atoms with Crippen molar-refractivity contribution in [2.24, 2.45) is 5.73 Å². The Bertz CT molecular complexity index is 242. The lowest BCUT2D eigenvalue weighted by molar-refractivity contribution is 0.100. The smallest absolute Gasteiger partial charge is 0.177 e. The number of carbonyl (C=O) groups is 1. The predicted molar refractivity (Wildman–Crippen MR) is 42.4 cm³/mol. The Kier molecular flexibility index (Phi) is 2.19. The first-order chi connectivity index (χ1) is 4.75. The zero-order valence-corrected chi connectivity index (χ0v) is 6.57. The number of aryl methyl sites for hydroxylation is 1. The van der Waals surface area contributed by atoms with E-state index in [2.05, 4.69) is 0 Å². The molecule has 0 unspecified atom stereocenters. The van der Waals surface area contributed by atoms with E-state index in [1.54, 1.807) is 11.3 Å². The number of nitrogens with two attached hydrogens (primary N) is 1. The van der Waals surface area contributed by atoms with Crippen LogP contribution in [0.4, 0.5) is 0 Å². The molecule has 1 aromatic rings. The van der Waals surface area contributed by atoms with Gasteiger partial charge in [-0.05, 0) is 18.4 Å². The topological polar surface area (TPSA) is 43.1 Å². The SMILES string of the molecule is Cc1sccc1C(=O)CN. The van der Waals surface area contributed by atoms with E-state index in [1.165, 1.54) is 0 Å². The van der Waals surface area contributed by atoms with Crippen molar-refractivity contribution >= 4 is 17.1 Å². The average Bonchev–Trinajstić information content (AvgIpc) is 2.34. The molecule has 0 atom stereocenters. The second-order valence-electron chi connectivity index (χ2n) is 2.02. The first-order valence-electron chi connectivity index (χ1n) is 3.03. The molecule has 0 bridgehead atoms. The molecule has 0 aromatic carbocycles. The maximum Gasteiger partial charge on any atom is 0.177 e. The minimum absolute atomic E-state index is 0.0266. The summed E-state index contributed by atoms with van der Waals surface area (Å²) in [6.45, 7) is 2.03. The zero-order valence-electron chi connectivity index (χ0n) is 5.76. The Labute approximate surface area is 63.7 Å². The Morgan fingerprint density at radius 2 is 2.50 bits per heavy atom. The summed E-state index contributed by atoms with van der Waals surface area (Å²) in [5, 5.41) is 1.90. The first-order valence-corrected chi connectivity index (χ1v) is 3.91. The molecule has 0 aliphatic carbocycles. The Morgan fingerprint density at radius 1 is 1.80 bits per heavy atom. The van der Waals surface area contributed by atoms with Gasteiger partial charge in [-0.25, -0.2) is 0 Å². The summed E-state index contributed by atoms with van der Waals surface area (Å²) in [7, 11) is 0. The molecule has 0 radical (unpaired) electrons. The number of thiophene rings is 1. The van der Waals surface area contributed by atoms with Crippen LogP contribution in [-0.2, 0) is 0 Å². The summed E-state index contributed by atoms with van der Waals surface area (Å²) >= 11 is 1.57. The highest BCUT2D eigenvalue weighted by Crippen LogP contribution is 2.14. The van der Waals surface area contributed by atoms with Gasteiger partial charge in [-0.15, -0.1) is 11.3 Å². The van der Waals surface area contributed by atoms with Crippen LogP contribution >= 0.6 is 11.3 Å². The molecule has 1 heterocycles. The summed E-state index contributed by atoms with van der Waals surface area (Å²) in [5.41, 5.74) is 5.96. The second kappa shape index (κ2) is 2.94. The van der Waals surface area contributed by atoms with Crippen LogP contribution in [0.1, 0.15) is 15.2 Å². The predicted octanol–water partition coefficient (Wildman–Crippen LogP) is 1.20. The standard InChI is InChI=1S/C7H9NOS/c1-5-6(2-3-10-5)7(9)4-8/h2-3H,4,8H2,1H3. The van der Waals surface area contributed by atoms with Gasteiger partial charge in [0.1, 0.15) is 0 Å². The van der Waals surface area contributed by atoms with E-state index in [-0.39, 0.29) is 12.3 Å². The van der Waals surface area contributed by atoms with Crippen LogP contribution in [0.2, 0.25) is 0 Å². The molecule has 0 amide bonds. The van der Waals surface area contributed by atoms with Crippen molar-refractivity contribution in [2.45, 2.75) is 6.92 Å². The molecule has 2 nitrogen and oxygen atoms in total. The summed E-state index contributed by atoms with van der Waals surface area (Å²) in [4.78, 5) is 12.0. The van der Waals surface area contributed by atoms with Gasteiger partial charge in [0, 0.05) is 10.4 Å². The lowest BCUT2D eigenvalue weighted by Gasteiger charge is -1.92. The van der Waals surface area contributed by atoms with Crippen LogP contribution < -0.4 is 5.73 Å². The lowest BCUT2D eigenvalue weighted by Crippen LogP contribution is -2.13. The van der Waals surface area contributed by atoms with Crippen LogP contribution in [-0.4, -0.2) is 12.3 Å². The number of Topliss-reactive ketones (excluding diaryl/α,β-unsaturated/α-hetero) is 1. The average molecular weight is 155 g/mol. The van der Waals surface area contributed by atoms with Crippen molar-refractivity contribution in [1.82, 2.24) is 0 Å². The third-order valence-corrected chi connectivity index (χ3v) is 2.19. The van der Waals surface area contributed by atoms with E-state index >= 15 is 0 Å². The molecule has 1 aromatic heterocycles. The van der Waals surface area contributed by atoms with Gasteiger partial charge in [-0.3, -0.25) is 4.79 Å². The fourth-order valence-electron chi connectivity index (χ4n) is 0.784. The summed E-state index contributed by atoms with van der Waals surface area (Å²) < 4.78 is 0. The highest BCUT2D eigenvalue weighted by atomic mass is 32.1. The number of ketones is 1. The third kappa shape index (κ3) is 1.25. The quantitative estimate of drug-likeness (QED) is 0.652. The molecule has 0 aliphatic heterocycles. The van der Waals surface area contributed by atoms with E-state index in [0.29, 0.717) is 0 Å². The minimum atomic E-state index is 0.0266. The minimum Gasteiger partial charge on any atom is -0.324 e. The van der Waals surface area contributed by atoms with Gasteiger partial charge in [-0.1, -0.05) is 0 Å². The number of rotatable bonds is 2. The van der Waals surface area contributed by atoms with Gasteiger partial charge >= 0.3 is 0 Å². The molecular formula is C7H9NOS. The maximum absolute atomic E-state index is 11.0. The molecule has 54 valence electrons. The van der Waals surface area contributed by atoms with Gasteiger partial charge in [0.25, 0.3) is 0 Å². The highest BCUT2D eigenvalue weighted by molar-refractivity contribution is 7.10. The molecule has 10 heavy (non-hydrogen) atoms. The van der Waals surface area contributed by atoms with E-state index < -0.39 is 0 Å². The van der Waals surface area contributed by atoms with Gasteiger partial charge in [0.2, 0.25) is 0 Å². The van der Waals surface area contributed by atoms with Crippen LogP contribution in [0.3, 0.4) is 0 Å². The third-order valence-electron chi connectivity index (χ3n) is 1.34. The van der Waals surface area contributed by atoms with Crippen molar-refractivity contribution in [3.8, 4) is 0 Å². The lowest BCUT2D eigenvalue weighted by atomic mass is 10.2. The van der Waals surface area contributed by atoms with Crippen LogP contribution in [0.25, 0.3) is 0 Å². The highest BCUT2D eigenvalue weighted by Gasteiger charge is 2.06. The van der Waals surface area contributed by atoms with E-state index in [0.717, 1.165) is 10.4 Å². The fraction of sp³-hybridized carbons (Fsp3) is 0.286. The Balaban J connectivity index is 2.93. The van der Waals surface area contributed by atoms with Crippen LogP contribution in [0.5, 0.6) is 0 Å². The number of hydrogen-bond acceptors (Lipinski definition) is 3. The summed E-state index contributed by atoms with van der Waals surface area (Å²) in [6, 6.07) is 1.81. The molecule has 1 rings (SSSR count). The van der Waals surface area contributed by atoms with Gasteiger partial charge in [0.05, 0.1) is 6.54 Å². The van der Waals surface area contributed by atoms with Gasteiger partial charge < -0.3 is 5.73 Å². The number of hydrogen-bond donors (Lipinski definition) is 1. The monoisotopic (exact) mass is 155 g/mol. The van der Waals surface area contributed by atoms with E-state index in [1.807, 2.05) is 18.4 Å². The van der Waals surface area contributed by atoms with Crippen molar-refractivity contribution in [3.63, 3.8) is 0 Å². The first kappa shape index (κ1) is 7.44. The Morgan fingerprint density at radius 3 is 2.90 bits per heavy atom. The molecule has 0 spiro atoms. The van der Waals surface area contributed by atoms with Crippen molar-refractivity contribution < 1.29 is 4.79 Å². The molecule has 0 saturated carbocycles. The molecule has 2 N–H and O–H groups in total.